The molecule has 0 radical (unpaired) electrons. The minimum atomic E-state index is -4.46. The van der Waals surface area contributed by atoms with Crippen LogP contribution in [0.5, 0.6) is 0 Å². The minimum absolute atomic E-state index is 0.131. The van der Waals surface area contributed by atoms with Gasteiger partial charge in [-0.25, -0.2) is 0 Å². The van der Waals surface area contributed by atoms with Crippen molar-refractivity contribution in [2.45, 2.75) is 25.1 Å². The summed E-state index contributed by atoms with van der Waals surface area (Å²) >= 11 is 0. The SMILES string of the molecule is NC(CCC(=O)O)c1cccc2[nH]c(C(F)(F)F)cc12. The van der Waals surface area contributed by atoms with Crippen LogP contribution in [0.25, 0.3) is 10.9 Å². The Morgan fingerprint density at radius 1 is 1.40 bits per heavy atom. The lowest BCUT2D eigenvalue weighted by Gasteiger charge is -2.11. The Morgan fingerprint density at radius 2 is 2.10 bits per heavy atom. The van der Waals surface area contributed by atoms with E-state index >= 15 is 0 Å². The summed E-state index contributed by atoms with van der Waals surface area (Å²) in [4.78, 5) is 12.8. The van der Waals surface area contributed by atoms with Crippen molar-refractivity contribution in [2.75, 3.05) is 0 Å². The molecule has 0 saturated heterocycles. The Kier molecular flexibility index (Phi) is 3.71. The molecule has 1 heterocycles. The molecule has 4 N–H and O–H groups in total. The highest BCUT2D eigenvalue weighted by atomic mass is 19.4. The van der Waals surface area contributed by atoms with Crippen LogP contribution in [-0.2, 0) is 11.0 Å². The summed E-state index contributed by atoms with van der Waals surface area (Å²) in [7, 11) is 0. The van der Waals surface area contributed by atoms with E-state index < -0.39 is 23.9 Å². The Morgan fingerprint density at radius 3 is 2.70 bits per heavy atom. The molecule has 1 aromatic carbocycles. The summed E-state index contributed by atoms with van der Waals surface area (Å²) in [5, 5.41) is 9.00. The first-order chi connectivity index (χ1) is 9.29. The molecule has 0 spiro atoms. The van der Waals surface area contributed by atoms with E-state index in [0.29, 0.717) is 16.5 Å². The van der Waals surface area contributed by atoms with Gasteiger partial charge in [-0.2, -0.15) is 13.2 Å². The number of benzene rings is 1. The van der Waals surface area contributed by atoms with Gasteiger partial charge < -0.3 is 15.8 Å². The molecule has 2 aromatic rings. The van der Waals surface area contributed by atoms with E-state index in [-0.39, 0.29) is 12.8 Å². The number of aromatic nitrogens is 1. The number of hydrogen-bond acceptors (Lipinski definition) is 2. The van der Waals surface area contributed by atoms with E-state index in [1.54, 1.807) is 12.1 Å². The molecular weight excluding hydrogens is 273 g/mol. The number of fused-ring (bicyclic) bond motifs is 1. The third-order valence-corrected chi connectivity index (χ3v) is 3.07. The van der Waals surface area contributed by atoms with E-state index in [1.165, 1.54) is 6.07 Å². The summed E-state index contributed by atoms with van der Waals surface area (Å²) in [6.07, 6.45) is -4.42. The molecule has 0 bridgehead atoms. The second-order valence-corrected chi connectivity index (χ2v) is 4.53. The summed E-state index contributed by atoms with van der Waals surface area (Å²) in [6.45, 7) is 0. The van der Waals surface area contributed by atoms with E-state index in [0.717, 1.165) is 6.07 Å². The highest BCUT2D eigenvalue weighted by molar-refractivity contribution is 5.84. The molecule has 0 fully saturated rings. The molecule has 1 unspecified atom stereocenters. The summed E-state index contributed by atoms with van der Waals surface area (Å²) < 4.78 is 38.0. The van der Waals surface area contributed by atoms with Crippen molar-refractivity contribution in [1.29, 1.82) is 0 Å². The van der Waals surface area contributed by atoms with E-state index in [1.807, 2.05) is 0 Å². The van der Waals surface area contributed by atoms with Crippen LogP contribution in [0.1, 0.15) is 30.1 Å². The van der Waals surface area contributed by atoms with Crippen molar-refractivity contribution in [3.8, 4) is 0 Å². The molecule has 0 aliphatic heterocycles. The minimum Gasteiger partial charge on any atom is -0.481 e. The van der Waals surface area contributed by atoms with Crippen molar-refractivity contribution >= 4 is 16.9 Å². The summed E-state index contributed by atoms with van der Waals surface area (Å²) in [5.41, 5.74) is 5.87. The van der Waals surface area contributed by atoms with Crippen LogP contribution < -0.4 is 5.73 Å². The molecule has 0 saturated carbocycles. The maximum absolute atomic E-state index is 12.7. The first-order valence-corrected chi connectivity index (χ1v) is 5.95. The zero-order chi connectivity index (χ0) is 14.9. The van der Waals surface area contributed by atoms with Gasteiger partial charge in [0.05, 0.1) is 0 Å². The van der Waals surface area contributed by atoms with Gasteiger partial charge in [-0.05, 0) is 24.1 Å². The smallest absolute Gasteiger partial charge is 0.431 e. The van der Waals surface area contributed by atoms with E-state index in [9.17, 15) is 18.0 Å². The topological polar surface area (TPSA) is 79.1 Å². The predicted molar refractivity (Wildman–Crippen MR) is 67.1 cm³/mol. The Hall–Kier alpha value is -2.02. The molecule has 108 valence electrons. The van der Waals surface area contributed by atoms with Gasteiger partial charge in [-0.15, -0.1) is 0 Å². The molecule has 1 aromatic heterocycles. The molecular formula is C13H13F3N2O2. The Bertz CT molecular complexity index is 634. The highest BCUT2D eigenvalue weighted by Gasteiger charge is 2.33. The second kappa shape index (κ2) is 5.16. The summed E-state index contributed by atoms with van der Waals surface area (Å²) in [5.74, 6) is -0.988. The average Bonchev–Trinajstić information content (AvgIpc) is 2.79. The van der Waals surface area contributed by atoms with Crippen LogP contribution in [0.15, 0.2) is 24.3 Å². The lowest BCUT2D eigenvalue weighted by Crippen LogP contribution is -2.12. The Balaban J connectivity index is 2.38. The fourth-order valence-corrected chi connectivity index (χ4v) is 2.09. The van der Waals surface area contributed by atoms with Crippen molar-refractivity contribution < 1.29 is 23.1 Å². The molecule has 1 atom stereocenters. The number of carboxylic acid groups (broad SMARTS) is 1. The van der Waals surface area contributed by atoms with E-state index in [2.05, 4.69) is 4.98 Å². The first-order valence-electron chi connectivity index (χ1n) is 5.95. The van der Waals surface area contributed by atoms with Gasteiger partial charge in [0.15, 0.2) is 0 Å². The molecule has 0 amide bonds. The zero-order valence-electron chi connectivity index (χ0n) is 10.4. The number of carbonyl (C=O) groups is 1. The number of nitrogens with two attached hydrogens (primary N) is 1. The number of halogens is 3. The van der Waals surface area contributed by atoms with E-state index in [4.69, 9.17) is 10.8 Å². The van der Waals surface area contributed by atoms with Gasteiger partial charge in [0.2, 0.25) is 0 Å². The molecule has 7 heteroatoms. The number of aliphatic carboxylic acids is 1. The van der Waals surface area contributed by atoms with Crippen LogP contribution in [0.2, 0.25) is 0 Å². The van der Waals surface area contributed by atoms with Crippen molar-refractivity contribution in [2.24, 2.45) is 5.73 Å². The van der Waals surface area contributed by atoms with Crippen molar-refractivity contribution in [3.63, 3.8) is 0 Å². The van der Waals surface area contributed by atoms with Crippen LogP contribution in [0.3, 0.4) is 0 Å². The quantitative estimate of drug-likeness (QED) is 0.808. The fourth-order valence-electron chi connectivity index (χ4n) is 2.09. The first kappa shape index (κ1) is 14.4. The molecule has 2 rings (SSSR count). The largest absolute Gasteiger partial charge is 0.481 e. The summed E-state index contributed by atoms with van der Waals surface area (Å²) in [6, 6.07) is 5.12. The number of hydrogen-bond donors (Lipinski definition) is 3. The normalized spacial score (nSPS) is 13.6. The van der Waals surface area contributed by atoms with Gasteiger partial charge in [0.25, 0.3) is 0 Å². The molecule has 0 aliphatic rings. The Labute approximate surface area is 112 Å². The number of carboxylic acids is 1. The highest BCUT2D eigenvalue weighted by Crippen LogP contribution is 2.33. The van der Waals surface area contributed by atoms with Crippen LogP contribution in [0, 0.1) is 0 Å². The van der Waals surface area contributed by atoms with Crippen LogP contribution in [0.4, 0.5) is 13.2 Å². The zero-order valence-corrected chi connectivity index (χ0v) is 10.4. The maximum atomic E-state index is 12.7. The lowest BCUT2D eigenvalue weighted by molar-refractivity contribution is -0.140. The second-order valence-electron chi connectivity index (χ2n) is 4.53. The van der Waals surface area contributed by atoms with Crippen molar-refractivity contribution in [3.05, 3.63) is 35.5 Å². The average molecular weight is 286 g/mol. The molecule has 20 heavy (non-hydrogen) atoms. The number of alkyl halides is 3. The van der Waals surface area contributed by atoms with Gasteiger partial charge in [-0.3, -0.25) is 4.79 Å². The number of nitrogens with one attached hydrogen (secondary N) is 1. The van der Waals surface area contributed by atoms with Crippen LogP contribution in [-0.4, -0.2) is 16.1 Å². The molecule has 0 aliphatic carbocycles. The van der Waals surface area contributed by atoms with Gasteiger partial charge in [-0.1, -0.05) is 12.1 Å². The maximum Gasteiger partial charge on any atom is 0.431 e. The number of rotatable bonds is 4. The van der Waals surface area contributed by atoms with Crippen molar-refractivity contribution in [1.82, 2.24) is 4.98 Å². The standard InChI is InChI=1S/C13H13F3N2O2/c14-13(15,16)11-6-8-7(2-1-3-10(8)18-11)9(17)4-5-12(19)20/h1-3,6,9,18H,4-5,17H2,(H,19,20). The van der Waals surface area contributed by atoms with Gasteiger partial charge in [0, 0.05) is 23.4 Å². The third kappa shape index (κ3) is 2.93. The van der Waals surface area contributed by atoms with Gasteiger partial charge >= 0.3 is 12.1 Å². The molecule has 4 nitrogen and oxygen atoms in total. The lowest BCUT2D eigenvalue weighted by atomic mass is 9.99. The van der Waals surface area contributed by atoms with Crippen LogP contribution >= 0.6 is 0 Å². The monoisotopic (exact) mass is 286 g/mol. The fraction of sp³-hybridized carbons (Fsp3) is 0.308. The number of aromatic amines is 1. The third-order valence-electron chi connectivity index (χ3n) is 3.07. The number of H-pyrrole nitrogens is 1. The van der Waals surface area contributed by atoms with Gasteiger partial charge in [0.1, 0.15) is 5.69 Å². The predicted octanol–water partition coefficient (Wildman–Crippen LogP) is 3.05.